The highest BCUT2D eigenvalue weighted by Crippen LogP contribution is 2.28. The minimum Gasteiger partial charge on any atom is -0.370 e. The first-order chi connectivity index (χ1) is 5.88. The predicted octanol–water partition coefficient (Wildman–Crippen LogP) is 2.17. The molecule has 0 aromatic carbocycles. The Balaban J connectivity index is 2.30. The molecule has 0 aliphatic heterocycles. The van der Waals surface area contributed by atoms with Gasteiger partial charge in [-0.15, -0.1) is 0 Å². The van der Waals surface area contributed by atoms with Gasteiger partial charge in [0.2, 0.25) is 0 Å². The number of hydrogen-bond donors (Lipinski definition) is 0. The van der Waals surface area contributed by atoms with Gasteiger partial charge in [0.1, 0.15) is 12.9 Å². The van der Waals surface area contributed by atoms with Gasteiger partial charge in [-0.1, -0.05) is 26.2 Å². The Labute approximate surface area is 74.3 Å². The summed E-state index contributed by atoms with van der Waals surface area (Å²) in [5.74, 6) is 0.693. The molecular formula is C10H18O2. The van der Waals surface area contributed by atoms with Crippen molar-refractivity contribution in [3.63, 3.8) is 0 Å². The van der Waals surface area contributed by atoms with Crippen LogP contribution in [0.4, 0.5) is 0 Å². The fraction of sp³-hybridized carbons (Fsp3) is 0.900. The van der Waals surface area contributed by atoms with Crippen LogP contribution in [0.25, 0.3) is 0 Å². The molecule has 0 bridgehead atoms. The van der Waals surface area contributed by atoms with Crippen molar-refractivity contribution in [1.29, 1.82) is 0 Å². The van der Waals surface area contributed by atoms with E-state index < -0.39 is 0 Å². The van der Waals surface area contributed by atoms with Crippen LogP contribution in [0.15, 0.2) is 0 Å². The fourth-order valence-corrected chi connectivity index (χ4v) is 2.02. The van der Waals surface area contributed by atoms with Crippen LogP contribution in [0.5, 0.6) is 0 Å². The van der Waals surface area contributed by atoms with E-state index in [1.807, 2.05) is 0 Å². The van der Waals surface area contributed by atoms with E-state index in [0.29, 0.717) is 12.0 Å². The van der Waals surface area contributed by atoms with E-state index in [4.69, 9.17) is 4.74 Å². The maximum Gasteiger partial charge on any atom is 0.145 e. The molecule has 1 fully saturated rings. The lowest BCUT2D eigenvalue weighted by molar-refractivity contribution is -0.115. The van der Waals surface area contributed by atoms with Gasteiger partial charge in [0.25, 0.3) is 0 Å². The molecule has 0 amide bonds. The Kier molecular flexibility index (Phi) is 4.30. The van der Waals surface area contributed by atoms with Crippen molar-refractivity contribution in [2.75, 3.05) is 6.61 Å². The van der Waals surface area contributed by atoms with Crippen LogP contribution in [-0.4, -0.2) is 19.0 Å². The third-order valence-corrected chi connectivity index (χ3v) is 2.74. The number of ether oxygens (including phenoxy) is 1. The molecule has 2 atom stereocenters. The molecule has 0 radical (unpaired) electrons. The normalized spacial score (nSPS) is 30.1. The molecule has 0 N–H and O–H groups in total. The molecule has 2 nitrogen and oxygen atoms in total. The second-order valence-corrected chi connectivity index (χ2v) is 3.49. The molecule has 2 unspecified atom stereocenters. The van der Waals surface area contributed by atoms with Crippen molar-refractivity contribution in [1.82, 2.24) is 0 Å². The highest BCUT2D eigenvalue weighted by Gasteiger charge is 2.23. The minimum atomic E-state index is 0.279. The van der Waals surface area contributed by atoms with Crippen molar-refractivity contribution in [3.8, 4) is 0 Å². The zero-order valence-electron chi connectivity index (χ0n) is 7.79. The van der Waals surface area contributed by atoms with Crippen LogP contribution in [-0.2, 0) is 9.53 Å². The largest absolute Gasteiger partial charge is 0.370 e. The maximum absolute atomic E-state index is 10.1. The van der Waals surface area contributed by atoms with Crippen LogP contribution in [0.1, 0.15) is 39.0 Å². The minimum absolute atomic E-state index is 0.279. The molecule has 2 heteroatoms. The van der Waals surface area contributed by atoms with E-state index in [9.17, 15) is 4.79 Å². The first kappa shape index (κ1) is 9.72. The topological polar surface area (TPSA) is 26.3 Å². The summed E-state index contributed by atoms with van der Waals surface area (Å²) in [6.07, 6.45) is 7.41. The predicted molar refractivity (Wildman–Crippen MR) is 48.1 cm³/mol. The second-order valence-electron chi connectivity index (χ2n) is 3.49. The number of carbonyl (C=O) groups excluding carboxylic acids is 1. The Hall–Kier alpha value is -0.370. The summed E-state index contributed by atoms with van der Waals surface area (Å²) < 4.78 is 5.47. The fourth-order valence-electron chi connectivity index (χ4n) is 2.02. The van der Waals surface area contributed by atoms with Gasteiger partial charge in [0, 0.05) is 0 Å². The molecule has 1 aliphatic rings. The lowest BCUT2D eigenvalue weighted by Crippen LogP contribution is -2.27. The quantitative estimate of drug-likeness (QED) is 0.604. The van der Waals surface area contributed by atoms with Gasteiger partial charge in [-0.2, -0.15) is 0 Å². The molecular weight excluding hydrogens is 152 g/mol. The molecule has 0 aromatic rings. The van der Waals surface area contributed by atoms with E-state index >= 15 is 0 Å². The molecule has 0 heterocycles. The van der Waals surface area contributed by atoms with Crippen LogP contribution in [0.2, 0.25) is 0 Å². The molecule has 70 valence electrons. The average Bonchev–Trinajstić information content (AvgIpc) is 2.15. The first-order valence-electron chi connectivity index (χ1n) is 4.93. The molecule has 0 saturated heterocycles. The smallest absolute Gasteiger partial charge is 0.145 e. The second kappa shape index (κ2) is 5.31. The zero-order valence-corrected chi connectivity index (χ0v) is 7.79. The van der Waals surface area contributed by atoms with Crippen LogP contribution < -0.4 is 0 Å². The molecule has 1 aliphatic carbocycles. The van der Waals surface area contributed by atoms with Crippen molar-refractivity contribution in [2.45, 2.75) is 45.1 Å². The number of rotatable bonds is 4. The van der Waals surface area contributed by atoms with Crippen molar-refractivity contribution < 1.29 is 9.53 Å². The standard InChI is InChI=1S/C10H18O2/c1-2-9-5-3-4-6-10(9)12-8-7-11/h7,9-10H,2-6,8H2,1H3. The van der Waals surface area contributed by atoms with E-state index in [-0.39, 0.29) is 6.61 Å². The molecule has 0 spiro atoms. The van der Waals surface area contributed by atoms with Gasteiger partial charge in [0.05, 0.1) is 6.10 Å². The molecule has 12 heavy (non-hydrogen) atoms. The summed E-state index contributed by atoms with van der Waals surface area (Å²) in [6.45, 7) is 2.48. The van der Waals surface area contributed by atoms with Gasteiger partial charge in [-0.25, -0.2) is 0 Å². The monoisotopic (exact) mass is 170 g/mol. The Morgan fingerprint density at radius 2 is 2.17 bits per heavy atom. The summed E-state index contributed by atoms with van der Waals surface area (Å²) in [5.41, 5.74) is 0. The zero-order chi connectivity index (χ0) is 8.81. The van der Waals surface area contributed by atoms with Crippen LogP contribution in [0, 0.1) is 5.92 Å². The number of hydrogen-bond acceptors (Lipinski definition) is 2. The Morgan fingerprint density at radius 3 is 2.83 bits per heavy atom. The highest BCUT2D eigenvalue weighted by atomic mass is 16.5. The van der Waals surface area contributed by atoms with Crippen LogP contribution >= 0.6 is 0 Å². The van der Waals surface area contributed by atoms with E-state index in [1.165, 1.54) is 25.7 Å². The number of carbonyl (C=O) groups is 1. The summed E-state index contributed by atoms with van der Waals surface area (Å²) in [4.78, 5) is 10.1. The lowest BCUT2D eigenvalue weighted by Gasteiger charge is -2.30. The van der Waals surface area contributed by atoms with Crippen molar-refractivity contribution >= 4 is 6.29 Å². The lowest BCUT2D eigenvalue weighted by atomic mass is 9.85. The summed E-state index contributed by atoms with van der Waals surface area (Å²) in [6, 6.07) is 0. The van der Waals surface area contributed by atoms with E-state index in [1.54, 1.807) is 0 Å². The van der Waals surface area contributed by atoms with Gasteiger partial charge < -0.3 is 9.53 Å². The average molecular weight is 170 g/mol. The van der Waals surface area contributed by atoms with E-state index in [0.717, 1.165) is 12.7 Å². The first-order valence-corrected chi connectivity index (χ1v) is 4.93. The van der Waals surface area contributed by atoms with Crippen molar-refractivity contribution in [2.24, 2.45) is 5.92 Å². The van der Waals surface area contributed by atoms with Gasteiger partial charge in [-0.05, 0) is 18.8 Å². The molecule has 1 rings (SSSR count). The Bertz CT molecular complexity index is 134. The van der Waals surface area contributed by atoms with Gasteiger partial charge in [0.15, 0.2) is 0 Å². The summed E-state index contributed by atoms with van der Waals surface area (Å²) >= 11 is 0. The van der Waals surface area contributed by atoms with Crippen molar-refractivity contribution in [3.05, 3.63) is 0 Å². The van der Waals surface area contributed by atoms with Gasteiger partial charge in [-0.3, -0.25) is 0 Å². The maximum atomic E-state index is 10.1. The third-order valence-electron chi connectivity index (χ3n) is 2.74. The molecule has 0 aromatic heterocycles. The van der Waals surface area contributed by atoms with Gasteiger partial charge >= 0.3 is 0 Å². The number of aldehydes is 1. The van der Waals surface area contributed by atoms with E-state index in [2.05, 4.69) is 6.92 Å². The molecule has 1 saturated carbocycles. The van der Waals surface area contributed by atoms with Crippen LogP contribution in [0.3, 0.4) is 0 Å². The SMILES string of the molecule is CCC1CCCCC1OCC=O. The third kappa shape index (κ3) is 2.59. The highest BCUT2D eigenvalue weighted by molar-refractivity contribution is 5.50. The Morgan fingerprint density at radius 1 is 1.42 bits per heavy atom. The summed E-state index contributed by atoms with van der Waals surface area (Å²) in [5, 5.41) is 0. The summed E-state index contributed by atoms with van der Waals surface area (Å²) in [7, 11) is 0.